The van der Waals surface area contributed by atoms with Crippen molar-refractivity contribution in [1.29, 1.82) is 0 Å². The second kappa shape index (κ2) is 6.95. The van der Waals surface area contributed by atoms with Gasteiger partial charge in [-0.05, 0) is 25.6 Å². The third kappa shape index (κ3) is 3.86. The quantitative estimate of drug-likeness (QED) is 0.834. The average Bonchev–Trinajstić information content (AvgIpc) is 2.82. The molecule has 0 bridgehead atoms. The molecular weight excluding hydrogens is 324 g/mol. The zero-order valence-corrected chi connectivity index (χ0v) is 13.2. The Balaban J connectivity index is 2.05. The van der Waals surface area contributed by atoms with Crippen molar-refractivity contribution in [2.75, 3.05) is 19.7 Å². The number of benzene rings is 1. The Hall–Kier alpha value is -1.27. The predicted molar refractivity (Wildman–Crippen MR) is 80.0 cm³/mol. The van der Waals surface area contributed by atoms with Crippen LogP contribution in [0.4, 0.5) is 4.79 Å². The van der Waals surface area contributed by atoms with E-state index in [-0.39, 0.29) is 18.2 Å². The largest absolute Gasteiger partial charge is 0.489 e. The topological polar surface area (TPSA) is 59.6 Å². The Bertz CT molecular complexity index is 481. The van der Waals surface area contributed by atoms with Crippen molar-refractivity contribution in [2.24, 2.45) is 0 Å². The number of hydrogen-bond acceptors (Lipinski definition) is 4. The van der Waals surface area contributed by atoms with E-state index in [1.165, 1.54) is 0 Å². The smallest absolute Gasteiger partial charge is 0.407 e. The summed E-state index contributed by atoms with van der Waals surface area (Å²) in [6, 6.07) is 6.17. The van der Waals surface area contributed by atoms with E-state index in [9.17, 15) is 4.79 Å². The number of carbonyl (C=O) groups excluding carboxylic acids is 1. The van der Waals surface area contributed by atoms with Crippen LogP contribution in [-0.2, 0) is 4.74 Å². The Labute approximate surface area is 127 Å². The minimum Gasteiger partial charge on any atom is -0.489 e. The van der Waals surface area contributed by atoms with Gasteiger partial charge in [0.15, 0.2) is 6.10 Å². The standard InChI is InChI=1S/C14H19BrN2O3/c1-3-16-9(2)12-5-4-10(15)6-13(12)19-8-11-7-17-14(18)20-11/h4-6,9,11,16H,3,7-8H2,1-2H3,(H,17,18). The molecule has 2 unspecified atom stereocenters. The molecule has 1 aromatic carbocycles. The summed E-state index contributed by atoms with van der Waals surface area (Å²) >= 11 is 3.45. The molecule has 20 heavy (non-hydrogen) atoms. The van der Waals surface area contributed by atoms with E-state index in [1.807, 2.05) is 18.2 Å². The molecule has 1 saturated heterocycles. The number of halogens is 1. The maximum absolute atomic E-state index is 11.0. The molecule has 0 saturated carbocycles. The maximum atomic E-state index is 11.0. The molecule has 110 valence electrons. The zero-order chi connectivity index (χ0) is 14.5. The van der Waals surface area contributed by atoms with E-state index in [0.717, 1.165) is 22.3 Å². The molecule has 1 amide bonds. The molecule has 0 aromatic heterocycles. The number of ether oxygens (including phenoxy) is 2. The number of rotatable bonds is 6. The Kier molecular flexibility index (Phi) is 5.25. The molecule has 1 heterocycles. The second-order valence-corrected chi connectivity index (χ2v) is 5.60. The highest BCUT2D eigenvalue weighted by Gasteiger charge is 2.23. The molecule has 1 aromatic rings. The van der Waals surface area contributed by atoms with Gasteiger partial charge < -0.3 is 20.1 Å². The zero-order valence-electron chi connectivity index (χ0n) is 11.6. The second-order valence-electron chi connectivity index (χ2n) is 4.68. The van der Waals surface area contributed by atoms with Crippen LogP contribution in [0.15, 0.2) is 22.7 Å². The summed E-state index contributed by atoms with van der Waals surface area (Å²) in [5, 5.41) is 5.98. The summed E-state index contributed by atoms with van der Waals surface area (Å²) in [5.74, 6) is 0.802. The van der Waals surface area contributed by atoms with Gasteiger partial charge >= 0.3 is 6.09 Å². The lowest BCUT2D eigenvalue weighted by Crippen LogP contribution is -2.23. The van der Waals surface area contributed by atoms with E-state index in [4.69, 9.17) is 9.47 Å². The normalized spacial score (nSPS) is 19.4. The molecular formula is C14H19BrN2O3. The van der Waals surface area contributed by atoms with Gasteiger partial charge in [-0.15, -0.1) is 0 Å². The molecule has 6 heteroatoms. The van der Waals surface area contributed by atoms with Crippen molar-refractivity contribution < 1.29 is 14.3 Å². The highest BCUT2D eigenvalue weighted by Crippen LogP contribution is 2.29. The van der Waals surface area contributed by atoms with Gasteiger partial charge in [-0.1, -0.05) is 28.9 Å². The van der Waals surface area contributed by atoms with Crippen LogP contribution in [0.25, 0.3) is 0 Å². The highest BCUT2D eigenvalue weighted by atomic mass is 79.9. The number of nitrogens with one attached hydrogen (secondary N) is 2. The maximum Gasteiger partial charge on any atom is 0.407 e. The summed E-state index contributed by atoms with van der Waals surface area (Å²) in [6.07, 6.45) is -0.613. The molecule has 2 atom stereocenters. The number of alkyl carbamates (subject to hydrolysis) is 1. The Morgan fingerprint density at radius 3 is 3.05 bits per heavy atom. The van der Waals surface area contributed by atoms with Gasteiger partial charge in [-0.2, -0.15) is 0 Å². The van der Waals surface area contributed by atoms with E-state index < -0.39 is 0 Å². The monoisotopic (exact) mass is 342 g/mol. The summed E-state index contributed by atoms with van der Waals surface area (Å²) in [6.45, 7) is 5.89. The van der Waals surface area contributed by atoms with Gasteiger partial charge in [0.05, 0.1) is 6.54 Å². The lowest BCUT2D eigenvalue weighted by atomic mass is 10.1. The lowest BCUT2D eigenvalue weighted by Gasteiger charge is -2.19. The van der Waals surface area contributed by atoms with E-state index in [2.05, 4.69) is 40.4 Å². The third-order valence-electron chi connectivity index (χ3n) is 3.12. The molecule has 1 fully saturated rings. The number of carbonyl (C=O) groups is 1. The van der Waals surface area contributed by atoms with Crippen LogP contribution < -0.4 is 15.4 Å². The van der Waals surface area contributed by atoms with Crippen LogP contribution in [0.2, 0.25) is 0 Å². The van der Waals surface area contributed by atoms with Crippen LogP contribution in [-0.4, -0.2) is 31.9 Å². The first-order valence-electron chi connectivity index (χ1n) is 6.70. The van der Waals surface area contributed by atoms with Crippen LogP contribution in [0, 0.1) is 0 Å². The number of cyclic esters (lactones) is 1. The highest BCUT2D eigenvalue weighted by molar-refractivity contribution is 9.10. The fourth-order valence-electron chi connectivity index (χ4n) is 2.11. The Morgan fingerprint density at radius 1 is 1.60 bits per heavy atom. The van der Waals surface area contributed by atoms with Crippen molar-refractivity contribution in [2.45, 2.75) is 26.0 Å². The predicted octanol–water partition coefficient (Wildman–Crippen LogP) is 2.61. The first-order valence-corrected chi connectivity index (χ1v) is 7.49. The van der Waals surface area contributed by atoms with Gasteiger partial charge in [0.1, 0.15) is 12.4 Å². The number of hydrogen-bond donors (Lipinski definition) is 2. The van der Waals surface area contributed by atoms with Gasteiger partial charge in [0.25, 0.3) is 0 Å². The summed E-state index contributed by atoms with van der Waals surface area (Å²) in [7, 11) is 0. The van der Waals surface area contributed by atoms with Crippen LogP contribution in [0.1, 0.15) is 25.5 Å². The molecule has 0 aliphatic carbocycles. The third-order valence-corrected chi connectivity index (χ3v) is 3.62. The van der Waals surface area contributed by atoms with Gasteiger partial charge in [-0.3, -0.25) is 0 Å². The SMILES string of the molecule is CCNC(C)c1ccc(Br)cc1OCC1CNC(=O)O1. The minimum absolute atomic E-state index is 0.201. The van der Waals surface area contributed by atoms with Crippen molar-refractivity contribution in [3.63, 3.8) is 0 Å². The number of amides is 1. The van der Waals surface area contributed by atoms with Crippen LogP contribution in [0.3, 0.4) is 0 Å². The molecule has 0 radical (unpaired) electrons. The van der Waals surface area contributed by atoms with Crippen LogP contribution in [0.5, 0.6) is 5.75 Å². The van der Waals surface area contributed by atoms with Gasteiger partial charge in [-0.25, -0.2) is 4.79 Å². The molecule has 2 rings (SSSR count). The van der Waals surface area contributed by atoms with Crippen LogP contribution >= 0.6 is 15.9 Å². The van der Waals surface area contributed by atoms with E-state index in [1.54, 1.807) is 0 Å². The first kappa shape index (κ1) is 15.1. The fraction of sp³-hybridized carbons (Fsp3) is 0.500. The minimum atomic E-state index is -0.380. The first-order chi connectivity index (χ1) is 9.60. The van der Waals surface area contributed by atoms with Gasteiger partial charge in [0.2, 0.25) is 0 Å². The molecule has 2 N–H and O–H groups in total. The van der Waals surface area contributed by atoms with Crippen molar-refractivity contribution in [3.05, 3.63) is 28.2 Å². The summed E-state index contributed by atoms with van der Waals surface area (Å²) in [4.78, 5) is 11.0. The van der Waals surface area contributed by atoms with Gasteiger partial charge in [0, 0.05) is 16.1 Å². The van der Waals surface area contributed by atoms with Crippen molar-refractivity contribution in [1.82, 2.24) is 10.6 Å². The molecule has 5 nitrogen and oxygen atoms in total. The summed E-state index contributed by atoms with van der Waals surface area (Å²) < 4.78 is 11.8. The van der Waals surface area contributed by atoms with Crippen molar-refractivity contribution in [3.8, 4) is 5.75 Å². The Morgan fingerprint density at radius 2 is 2.40 bits per heavy atom. The van der Waals surface area contributed by atoms with E-state index in [0.29, 0.717) is 13.2 Å². The fourth-order valence-corrected chi connectivity index (χ4v) is 2.45. The summed E-state index contributed by atoms with van der Waals surface area (Å²) in [5.41, 5.74) is 1.09. The molecule has 1 aliphatic rings. The van der Waals surface area contributed by atoms with E-state index >= 15 is 0 Å². The molecule has 0 spiro atoms. The molecule has 1 aliphatic heterocycles. The average molecular weight is 343 g/mol. The lowest BCUT2D eigenvalue weighted by molar-refractivity contribution is 0.104. The van der Waals surface area contributed by atoms with Crippen molar-refractivity contribution >= 4 is 22.0 Å².